The Labute approximate surface area is 169 Å². The summed E-state index contributed by atoms with van der Waals surface area (Å²) >= 11 is 7.53. The average molecular weight is 403 g/mol. The van der Waals surface area contributed by atoms with Crippen LogP contribution < -0.4 is 4.74 Å². The Kier molecular flexibility index (Phi) is 6.45. The van der Waals surface area contributed by atoms with Crippen LogP contribution in [0.5, 0.6) is 5.75 Å². The van der Waals surface area contributed by atoms with Gasteiger partial charge in [0.2, 0.25) is 0 Å². The first-order valence-corrected chi connectivity index (χ1v) is 10.4. The molecule has 2 unspecified atom stereocenters. The minimum atomic E-state index is -0.610. The average Bonchev–Trinajstić information content (AvgIpc) is 3.07. The van der Waals surface area contributed by atoms with Gasteiger partial charge in [-0.3, -0.25) is 9.69 Å². The number of ether oxygens (including phenoxy) is 1. The molecule has 6 heteroatoms. The fraction of sp³-hybridized carbons (Fsp3) is 0.333. The molecule has 1 heterocycles. The van der Waals surface area contributed by atoms with E-state index >= 15 is 0 Å². The molecule has 0 aliphatic carbocycles. The normalized spacial score (nSPS) is 19.3. The van der Waals surface area contributed by atoms with Crippen molar-refractivity contribution in [2.45, 2.75) is 39.3 Å². The highest BCUT2D eigenvalue weighted by Gasteiger charge is 2.37. The molecule has 0 spiro atoms. The summed E-state index contributed by atoms with van der Waals surface area (Å²) in [5.74, 6) is 1.40. The number of hydrogen-bond donors (Lipinski definition) is 0. The lowest BCUT2D eigenvalue weighted by Gasteiger charge is -2.26. The molecule has 3 rings (SSSR count). The number of carbonyl (C=O) groups is 1. The zero-order valence-corrected chi connectivity index (χ0v) is 17.3. The van der Waals surface area contributed by atoms with E-state index < -0.39 is 6.10 Å². The Bertz CT molecular complexity index is 838. The van der Waals surface area contributed by atoms with Gasteiger partial charge in [0.1, 0.15) is 5.75 Å². The Morgan fingerprint density at radius 1 is 1.30 bits per heavy atom. The van der Waals surface area contributed by atoms with Crippen molar-refractivity contribution in [1.82, 2.24) is 4.90 Å². The third kappa shape index (κ3) is 4.66. The van der Waals surface area contributed by atoms with E-state index in [9.17, 15) is 4.79 Å². The first kappa shape index (κ1) is 19.8. The Hall–Kier alpha value is -1.98. The van der Waals surface area contributed by atoms with Gasteiger partial charge in [-0.15, -0.1) is 0 Å². The van der Waals surface area contributed by atoms with Crippen molar-refractivity contribution in [1.29, 1.82) is 0 Å². The number of rotatable bonds is 5. The number of thioether (sulfide) groups is 1. The van der Waals surface area contributed by atoms with Crippen LogP contribution in [0.2, 0.25) is 5.02 Å². The fourth-order valence-electron chi connectivity index (χ4n) is 2.89. The lowest BCUT2D eigenvalue weighted by atomic mass is 10.2. The molecule has 1 aliphatic rings. The molecule has 0 N–H and O–H groups in total. The number of halogens is 1. The van der Waals surface area contributed by atoms with E-state index in [4.69, 9.17) is 21.3 Å². The number of aryl methyl sites for hydroxylation is 1. The Morgan fingerprint density at radius 3 is 2.67 bits per heavy atom. The SMILES string of the molecule is CCC1CSC(=Nc2ccccc2C)N1C(=O)C(C)Oc1ccc(Cl)cc1. The highest BCUT2D eigenvalue weighted by atomic mass is 35.5. The van der Waals surface area contributed by atoms with Crippen LogP contribution >= 0.6 is 23.4 Å². The van der Waals surface area contributed by atoms with Gasteiger partial charge in [0, 0.05) is 16.8 Å². The van der Waals surface area contributed by atoms with Crippen LogP contribution in [0.15, 0.2) is 53.5 Å². The van der Waals surface area contributed by atoms with Gasteiger partial charge < -0.3 is 4.74 Å². The van der Waals surface area contributed by atoms with E-state index in [2.05, 4.69) is 6.92 Å². The van der Waals surface area contributed by atoms with Crippen molar-refractivity contribution in [3.63, 3.8) is 0 Å². The van der Waals surface area contributed by atoms with Crippen LogP contribution in [0.4, 0.5) is 5.69 Å². The first-order chi connectivity index (χ1) is 13.0. The van der Waals surface area contributed by atoms with Crippen LogP contribution in [0.3, 0.4) is 0 Å². The molecule has 2 aromatic carbocycles. The molecule has 1 amide bonds. The molecule has 2 atom stereocenters. The molecule has 1 saturated heterocycles. The molecule has 1 fully saturated rings. The molecule has 142 valence electrons. The quantitative estimate of drug-likeness (QED) is 0.667. The Morgan fingerprint density at radius 2 is 2.00 bits per heavy atom. The molecule has 0 saturated carbocycles. The first-order valence-electron chi connectivity index (χ1n) is 9.02. The summed E-state index contributed by atoms with van der Waals surface area (Å²) in [4.78, 5) is 19.7. The van der Waals surface area contributed by atoms with Crippen molar-refractivity contribution < 1.29 is 9.53 Å². The maximum absolute atomic E-state index is 13.2. The molecular formula is C21H23ClN2O2S. The molecule has 0 radical (unpaired) electrons. The van der Waals surface area contributed by atoms with Crippen LogP contribution in [0.1, 0.15) is 25.8 Å². The summed E-state index contributed by atoms with van der Waals surface area (Å²) in [6, 6.07) is 15.1. The van der Waals surface area contributed by atoms with Gasteiger partial charge in [-0.05, 0) is 56.2 Å². The highest BCUT2D eigenvalue weighted by molar-refractivity contribution is 8.14. The van der Waals surface area contributed by atoms with Crippen molar-refractivity contribution in [2.24, 2.45) is 4.99 Å². The number of amides is 1. The zero-order valence-electron chi connectivity index (χ0n) is 15.7. The van der Waals surface area contributed by atoms with Gasteiger partial charge in [0.25, 0.3) is 5.91 Å². The second kappa shape index (κ2) is 8.81. The number of carbonyl (C=O) groups excluding carboxylic acids is 1. The van der Waals surface area contributed by atoms with Gasteiger partial charge in [0.15, 0.2) is 11.3 Å². The summed E-state index contributed by atoms with van der Waals surface area (Å²) in [5.41, 5.74) is 1.98. The summed E-state index contributed by atoms with van der Waals surface area (Å²) in [5, 5.41) is 1.38. The topological polar surface area (TPSA) is 41.9 Å². The monoisotopic (exact) mass is 402 g/mol. The smallest absolute Gasteiger partial charge is 0.269 e. The van der Waals surface area contributed by atoms with E-state index in [1.807, 2.05) is 31.2 Å². The molecular weight excluding hydrogens is 380 g/mol. The number of amidine groups is 1. The van der Waals surface area contributed by atoms with E-state index in [1.165, 1.54) is 0 Å². The van der Waals surface area contributed by atoms with Crippen LogP contribution in [-0.4, -0.2) is 33.9 Å². The van der Waals surface area contributed by atoms with Gasteiger partial charge >= 0.3 is 0 Å². The predicted molar refractivity (Wildman–Crippen MR) is 113 cm³/mol. The maximum Gasteiger partial charge on any atom is 0.269 e. The molecule has 27 heavy (non-hydrogen) atoms. The van der Waals surface area contributed by atoms with E-state index in [-0.39, 0.29) is 11.9 Å². The largest absolute Gasteiger partial charge is 0.481 e. The van der Waals surface area contributed by atoms with Gasteiger partial charge in [-0.2, -0.15) is 0 Å². The fourth-order valence-corrected chi connectivity index (χ4v) is 4.28. The minimum absolute atomic E-state index is 0.0749. The molecule has 1 aliphatic heterocycles. The molecule has 2 aromatic rings. The maximum atomic E-state index is 13.2. The highest BCUT2D eigenvalue weighted by Crippen LogP contribution is 2.31. The van der Waals surface area contributed by atoms with Crippen molar-refractivity contribution in [3.8, 4) is 5.75 Å². The van der Waals surface area contributed by atoms with Crippen molar-refractivity contribution >= 4 is 40.1 Å². The number of benzene rings is 2. The number of para-hydroxylation sites is 1. The molecule has 0 aromatic heterocycles. The number of hydrogen-bond acceptors (Lipinski definition) is 4. The third-order valence-corrected chi connectivity index (χ3v) is 5.84. The van der Waals surface area contributed by atoms with Gasteiger partial charge in [0.05, 0.1) is 5.69 Å². The molecule has 4 nitrogen and oxygen atoms in total. The van der Waals surface area contributed by atoms with Crippen molar-refractivity contribution in [3.05, 3.63) is 59.1 Å². The summed E-state index contributed by atoms with van der Waals surface area (Å²) in [7, 11) is 0. The minimum Gasteiger partial charge on any atom is -0.481 e. The zero-order chi connectivity index (χ0) is 19.4. The van der Waals surface area contributed by atoms with Crippen LogP contribution in [0, 0.1) is 6.92 Å². The lowest BCUT2D eigenvalue weighted by Crippen LogP contribution is -2.45. The number of aliphatic imine (C=N–C) groups is 1. The van der Waals surface area contributed by atoms with Gasteiger partial charge in [-0.25, -0.2) is 4.99 Å². The second-order valence-corrected chi connectivity index (χ2v) is 7.90. The lowest BCUT2D eigenvalue weighted by molar-refractivity contribution is -0.135. The van der Waals surface area contributed by atoms with E-state index in [0.29, 0.717) is 10.8 Å². The summed E-state index contributed by atoms with van der Waals surface area (Å²) < 4.78 is 5.84. The van der Waals surface area contributed by atoms with E-state index in [1.54, 1.807) is 47.9 Å². The van der Waals surface area contributed by atoms with Gasteiger partial charge in [-0.1, -0.05) is 48.5 Å². The third-order valence-electron chi connectivity index (χ3n) is 4.49. The molecule has 0 bridgehead atoms. The second-order valence-electron chi connectivity index (χ2n) is 6.48. The predicted octanol–water partition coefficient (Wildman–Crippen LogP) is 5.46. The van der Waals surface area contributed by atoms with E-state index in [0.717, 1.165) is 28.6 Å². The van der Waals surface area contributed by atoms with Crippen LogP contribution in [0.25, 0.3) is 0 Å². The van der Waals surface area contributed by atoms with Crippen LogP contribution in [-0.2, 0) is 4.79 Å². The Balaban J connectivity index is 1.82. The number of nitrogens with zero attached hydrogens (tertiary/aromatic N) is 2. The summed E-state index contributed by atoms with van der Waals surface area (Å²) in [6.07, 6.45) is 0.264. The summed E-state index contributed by atoms with van der Waals surface area (Å²) in [6.45, 7) is 5.89. The standard InChI is InChI=1S/C21H23ClN2O2S/c1-4-17-13-27-21(23-19-8-6-5-7-14(19)2)24(17)20(25)15(3)26-18-11-9-16(22)10-12-18/h5-12,15,17H,4,13H2,1-3H3. The van der Waals surface area contributed by atoms with Crippen molar-refractivity contribution in [2.75, 3.05) is 5.75 Å².